The van der Waals surface area contributed by atoms with Crippen molar-refractivity contribution >= 4 is 38.3 Å². The molecule has 9 heteroatoms. The number of piperidine rings is 1. The second-order valence-corrected chi connectivity index (χ2v) is 12.0. The average molecular weight is 535 g/mol. The van der Waals surface area contributed by atoms with Crippen LogP contribution in [0.15, 0.2) is 65.6 Å². The fourth-order valence-corrected chi connectivity index (χ4v) is 7.14. The molecule has 0 saturated carbocycles. The Morgan fingerprint density at radius 1 is 0.974 bits per heavy atom. The molecule has 2 heterocycles. The molecule has 0 spiro atoms. The highest BCUT2D eigenvalue weighted by molar-refractivity contribution is 7.89. The summed E-state index contributed by atoms with van der Waals surface area (Å²) in [5.74, 6) is -0.155. The van der Waals surface area contributed by atoms with Crippen LogP contribution in [0.4, 0.5) is 5.69 Å². The van der Waals surface area contributed by atoms with Crippen molar-refractivity contribution in [1.82, 2.24) is 14.9 Å². The van der Waals surface area contributed by atoms with Crippen molar-refractivity contribution in [2.75, 3.05) is 25.0 Å². The molecule has 200 valence electrons. The average Bonchev–Trinajstić information content (AvgIpc) is 3.44. The van der Waals surface area contributed by atoms with E-state index in [1.54, 1.807) is 36.4 Å². The minimum absolute atomic E-state index is 0.0252. The molecule has 3 aromatic rings. The lowest BCUT2D eigenvalue weighted by atomic mass is 9.94. The number of amides is 2. The first-order valence-electron chi connectivity index (χ1n) is 13.2. The number of hydrogen-bond donors (Lipinski definition) is 3. The minimum atomic E-state index is -3.86. The summed E-state index contributed by atoms with van der Waals surface area (Å²) in [7, 11) is -3.86. The largest absolute Gasteiger partial charge is 0.341 e. The van der Waals surface area contributed by atoms with Gasteiger partial charge in [-0.05, 0) is 62.4 Å². The van der Waals surface area contributed by atoms with Gasteiger partial charge in [0, 0.05) is 41.2 Å². The molecule has 2 fully saturated rings. The number of carbonyl (C=O) groups is 2. The number of sulfonamides is 1. The van der Waals surface area contributed by atoms with E-state index < -0.39 is 10.0 Å². The van der Waals surface area contributed by atoms with Crippen molar-refractivity contribution in [2.45, 2.75) is 50.1 Å². The van der Waals surface area contributed by atoms with Gasteiger partial charge in [-0.1, -0.05) is 49.4 Å². The van der Waals surface area contributed by atoms with Crippen LogP contribution < -0.4 is 15.4 Å². The van der Waals surface area contributed by atoms with Gasteiger partial charge in [-0.2, -0.15) is 0 Å². The Hall–Kier alpha value is -3.27. The number of fused-ring (bicyclic) bond motifs is 1. The number of rotatable bonds is 6. The number of likely N-dealkylation sites (tertiary alicyclic amines) is 1. The van der Waals surface area contributed by atoms with Gasteiger partial charge < -0.3 is 15.5 Å². The summed E-state index contributed by atoms with van der Waals surface area (Å²) in [6.45, 7) is 5.77. The first-order chi connectivity index (χ1) is 18.2. The molecular weight excluding hydrogens is 500 g/mol. The van der Waals surface area contributed by atoms with Gasteiger partial charge in [-0.3, -0.25) is 9.59 Å². The first kappa shape index (κ1) is 26.3. The first-order valence-corrected chi connectivity index (χ1v) is 14.7. The quantitative estimate of drug-likeness (QED) is 0.447. The summed E-state index contributed by atoms with van der Waals surface area (Å²) < 4.78 is 30.1. The highest BCUT2D eigenvalue weighted by atomic mass is 32.2. The zero-order chi connectivity index (χ0) is 26.9. The maximum atomic E-state index is 13.6. The molecule has 0 aromatic heterocycles. The molecule has 2 amide bonds. The molecule has 0 unspecified atom stereocenters. The Bertz CT molecular complexity index is 1470. The van der Waals surface area contributed by atoms with E-state index in [1.165, 1.54) is 0 Å². The monoisotopic (exact) mass is 534 g/mol. The van der Waals surface area contributed by atoms with Crippen LogP contribution in [0, 0.1) is 12.8 Å². The maximum absolute atomic E-state index is 13.6. The van der Waals surface area contributed by atoms with Crippen LogP contribution in [0.2, 0.25) is 0 Å². The van der Waals surface area contributed by atoms with Crippen molar-refractivity contribution in [1.29, 1.82) is 0 Å². The maximum Gasteiger partial charge on any atom is 0.255 e. The molecule has 3 aromatic carbocycles. The summed E-state index contributed by atoms with van der Waals surface area (Å²) in [4.78, 5) is 27.8. The van der Waals surface area contributed by atoms with Crippen LogP contribution >= 0.6 is 0 Å². The molecule has 3 atom stereocenters. The topological polar surface area (TPSA) is 108 Å². The van der Waals surface area contributed by atoms with Gasteiger partial charge in [-0.25, -0.2) is 13.1 Å². The van der Waals surface area contributed by atoms with Gasteiger partial charge in [0.1, 0.15) is 0 Å². The van der Waals surface area contributed by atoms with E-state index in [1.807, 2.05) is 43.0 Å². The summed E-state index contributed by atoms with van der Waals surface area (Å²) in [6.07, 6.45) is 2.42. The molecule has 2 aliphatic rings. The SMILES string of the molecule is Cc1ccccc1C(=O)Nc1cccc2c(S(=O)(=O)N[C@H]3CCN(C(=O)[C@@H]4CCCN4)C[C@H]3C)cccc12. The number of aryl methyl sites for hydroxylation is 1. The number of anilines is 1. The fourth-order valence-electron chi connectivity index (χ4n) is 5.54. The highest BCUT2D eigenvalue weighted by Gasteiger charge is 2.35. The fraction of sp³-hybridized carbons (Fsp3) is 0.379. The molecule has 2 saturated heterocycles. The molecule has 0 aliphatic carbocycles. The van der Waals surface area contributed by atoms with E-state index >= 15 is 0 Å². The van der Waals surface area contributed by atoms with Crippen molar-refractivity contribution < 1.29 is 18.0 Å². The second-order valence-electron chi connectivity index (χ2n) is 10.4. The van der Waals surface area contributed by atoms with Crippen molar-refractivity contribution in [2.24, 2.45) is 5.92 Å². The number of nitrogens with zero attached hydrogens (tertiary/aromatic N) is 1. The minimum Gasteiger partial charge on any atom is -0.341 e. The Balaban J connectivity index is 1.34. The van der Waals surface area contributed by atoms with E-state index in [9.17, 15) is 18.0 Å². The Kier molecular flexibility index (Phi) is 7.52. The number of benzene rings is 3. The molecule has 38 heavy (non-hydrogen) atoms. The van der Waals surface area contributed by atoms with Crippen LogP contribution in [-0.4, -0.2) is 56.9 Å². The Morgan fingerprint density at radius 3 is 2.47 bits per heavy atom. The van der Waals surface area contributed by atoms with Crippen LogP contribution in [0.3, 0.4) is 0 Å². The lowest BCUT2D eigenvalue weighted by Crippen LogP contribution is -2.54. The van der Waals surface area contributed by atoms with Gasteiger partial charge in [0.05, 0.1) is 10.9 Å². The van der Waals surface area contributed by atoms with Crippen LogP contribution in [0.1, 0.15) is 42.1 Å². The summed E-state index contributed by atoms with van der Waals surface area (Å²) >= 11 is 0. The van der Waals surface area contributed by atoms with Gasteiger partial charge in [0.25, 0.3) is 5.91 Å². The van der Waals surface area contributed by atoms with E-state index in [2.05, 4.69) is 15.4 Å². The number of carbonyl (C=O) groups excluding carboxylic acids is 2. The third kappa shape index (κ3) is 5.32. The number of nitrogens with one attached hydrogen (secondary N) is 3. The van der Waals surface area contributed by atoms with Crippen molar-refractivity contribution in [3.63, 3.8) is 0 Å². The predicted molar refractivity (Wildman–Crippen MR) is 149 cm³/mol. The summed E-state index contributed by atoms with van der Waals surface area (Å²) in [6, 6.07) is 17.3. The molecule has 0 radical (unpaired) electrons. The standard InChI is InChI=1S/C29H34N4O4S/c1-19-8-3-4-9-21(19)28(34)31-25-12-5-11-23-22(25)10-6-14-27(23)38(36,37)32-24-15-17-33(18-20(24)2)29(35)26-13-7-16-30-26/h3-6,8-12,14,20,24,26,30,32H,7,13,15-18H2,1-2H3,(H,31,34)/t20-,24+,26+/m1/s1. The van der Waals surface area contributed by atoms with Gasteiger partial charge in [-0.15, -0.1) is 0 Å². The lowest BCUT2D eigenvalue weighted by Gasteiger charge is -2.38. The van der Waals surface area contributed by atoms with Crippen LogP contribution in [-0.2, 0) is 14.8 Å². The van der Waals surface area contributed by atoms with E-state index in [4.69, 9.17) is 0 Å². The van der Waals surface area contributed by atoms with Crippen molar-refractivity contribution in [3.8, 4) is 0 Å². The van der Waals surface area contributed by atoms with Crippen LogP contribution in [0.5, 0.6) is 0 Å². The predicted octanol–water partition coefficient (Wildman–Crippen LogP) is 3.67. The molecule has 3 N–H and O–H groups in total. The lowest BCUT2D eigenvalue weighted by molar-refractivity contribution is -0.135. The zero-order valence-corrected chi connectivity index (χ0v) is 22.6. The molecule has 2 aliphatic heterocycles. The third-order valence-corrected chi connectivity index (χ3v) is 9.24. The Morgan fingerprint density at radius 2 is 1.74 bits per heavy atom. The second kappa shape index (κ2) is 10.8. The highest BCUT2D eigenvalue weighted by Crippen LogP contribution is 2.30. The zero-order valence-electron chi connectivity index (χ0n) is 21.7. The van der Waals surface area contributed by atoms with Crippen molar-refractivity contribution in [3.05, 3.63) is 71.8 Å². The van der Waals surface area contributed by atoms with E-state index in [-0.39, 0.29) is 34.7 Å². The smallest absolute Gasteiger partial charge is 0.255 e. The van der Waals surface area contributed by atoms with Gasteiger partial charge in [0.15, 0.2) is 0 Å². The summed E-state index contributed by atoms with van der Waals surface area (Å²) in [5.41, 5.74) is 1.98. The molecule has 8 nitrogen and oxygen atoms in total. The molecular formula is C29H34N4O4S. The number of hydrogen-bond acceptors (Lipinski definition) is 5. The Labute approximate surface area is 223 Å². The molecule has 5 rings (SSSR count). The van der Waals surface area contributed by atoms with Gasteiger partial charge >= 0.3 is 0 Å². The van der Waals surface area contributed by atoms with E-state index in [0.29, 0.717) is 41.5 Å². The third-order valence-electron chi connectivity index (χ3n) is 7.69. The molecule has 0 bridgehead atoms. The van der Waals surface area contributed by atoms with E-state index in [0.717, 1.165) is 24.9 Å². The summed E-state index contributed by atoms with van der Waals surface area (Å²) in [5, 5.41) is 7.39. The van der Waals surface area contributed by atoms with Gasteiger partial charge in [0.2, 0.25) is 15.9 Å². The normalized spacial score (nSPS) is 21.9. The van der Waals surface area contributed by atoms with Crippen LogP contribution in [0.25, 0.3) is 10.8 Å².